The van der Waals surface area contributed by atoms with Gasteiger partial charge in [0.1, 0.15) is 12.7 Å². The van der Waals surface area contributed by atoms with Gasteiger partial charge in [-0.3, -0.25) is 19.1 Å². The maximum Gasteiger partial charge on any atom is 0.241 e. The highest BCUT2D eigenvalue weighted by Gasteiger charge is 2.28. The molecule has 0 spiro atoms. The number of carbonyl (C=O) groups excluding carboxylic acids is 1. The zero-order valence-corrected chi connectivity index (χ0v) is 15.4. The van der Waals surface area contributed by atoms with E-state index in [0.29, 0.717) is 5.92 Å². The van der Waals surface area contributed by atoms with E-state index in [1.165, 1.54) is 0 Å². The van der Waals surface area contributed by atoms with Gasteiger partial charge in [-0.15, -0.1) is 0 Å². The minimum absolute atomic E-state index is 0.0283. The summed E-state index contributed by atoms with van der Waals surface area (Å²) < 4.78 is 3.67. The maximum atomic E-state index is 12.7. The molecular formula is C17H27N7O. The molecule has 25 heavy (non-hydrogen) atoms. The van der Waals surface area contributed by atoms with Crippen LogP contribution in [-0.4, -0.2) is 54.5 Å². The van der Waals surface area contributed by atoms with Crippen LogP contribution in [0.25, 0.3) is 0 Å². The Bertz CT molecular complexity index is 722. The summed E-state index contributed by atoms with van der Waals surface area (Å²) in [6, 6.07) is -0.169. The molecule has 1 saturated heterocycles. The minimum atomic E-state index is -0.169. The highest BCUT2D eigenvalue weighted by molar-refractivity contribution is 5.95. The third kappa shape index (κ3) is 3.89. The van der Waals surface area contributed by atoms with Gasteiger partial charge in [-0.2, -0.15) is 10.2 Å². The molecule has 0 aliphatic carbocycles. The van der Waals surface area contributed by atoms with Crippen LogP contribution in [0.5, 0.6) is 0 Å². The topological polar surface area (TPSA) is 80.9 Å². The van der Waals surface area contributed by atoms with E-state index in [0.717, 1.165) is 49.6 Å². The van der Waals surface area contributed by atoms with Crippen molar-refractivity contribution in [2.75, 3.05) is 18.4 Å². The summed E-state index contributed by atoms with van der Waals surface area (Å²) >= 11 is 0. The summed E-state index contributed by atoms with van der Waals surface area (Å²) in [6.45, 7) is 8.57. The standard InChI is InChI=1S/C17H27N7O/c1-12-16(13(2)22(4)21-12)20-17(25)14(3)23-7-5-6-15(8-23)9-24-11-18-10-19-24/h10-11,14-15H,5-9H2,1-4H3,(H,20,25)/t14-,15-/m0/s1. The van der Waals surface area contributed by atoms with Gasteiger partial charge in [-0.25, -0.2) is 4.98 Å². The van der Waals surface area contributed by atoms with Gasteiger partial charge >= 0.3 is 0 Å². The second kappa shape index (κ2) is 7.35. The van der Waals surface area contributed by atoms with Crippen LogP contribution < -0.4 is 5.32 Å². The summed E-state index contributed by atoms with van der Waals surface area (Å²) in [7, 11) is 1.89. The highest BCUT2D eigenvalue weighted by Crippen LogP contribution is 2.22. The molecule has 1 N–H and O–H groups in total. The van der Waals surface area contributed by atoms with Gasteiger partial charge in [0.05, 0.1) is 23.1 Å². The summed E-state index contributed by atoms with van der Waals surface area (Å²) in [4.78, 5) is 19.0. The second-order valence-electron chi connectivity index (χ2n) is 6.96. The molecule has 3 rings (SSSR count). The molecule has 1 fully saturated rings. The lowest BCUT2D eigenvalue weighted by Gasteiger charge is -2.36. The van der Waals surface area contributed by atoms with E-state index in [1.807, 2.05) is 32.5 Å². The number of amides is 1. The van der Waals surface area contributed by atoms with E-state index in [-0.39, 0.29) is 11.9 Å². The van der Waals surface area contributed by atoms with Gasteiger partial charge in [0, 0.05) is 20.1 Å². The van der Waals surface area contributed by atoms with E-state index < -0.39 is 0 Å². The second-order valence-corrected chi connectivity index (χ2v) is 6.96. The quantitative estimate of drug-likeness (QED) is 0.885. The summed E-state index contributed by atoms with van der Waals surface area (Å²) in [6.07, 6.45) is 5.58. The molecule has 0 unspecified atom stereocenters. The molecule has 2 aromatic heterocycles. The number of nitrogens with zero attached hydrogens (tertiary/aromatic N) is 6. The molecule has 0 radical (unpaired) electrons. The van der Waals surface area contributed by atoms with Crippen LogP contribution in [0.3, 0.4) is 0 Å². The average Bonchev–Trinajstić information content (AvgIpc) is 3.18. The number of anilines is 1. The Labute approximate surface area is 148 Å². The zero-order valence-electron chi connectivity index (χ0n) is 15.4. The van der Waals surface area contributed by atoms with E-state index in [1.54, 1.807) is 17.3 Å². The Balaban J connectivity index is 1.61. The SMILES string of the molecule is Cc1nn(C)c(C)c1NC(=O)[C@H](C)N1CCC[C@H](Cn2cncn2)C1. The summed E-state index contributed by atoms with van der Waals surface area (Å²) in [5.41, 5.74) is 2.65. The Morgan fingerprint density at radius 3 is 2.88 bits per heavy atom. The van der Waals surface area contributed by atoms with Crippen LogP contribution in [0.4, 0.5) is 5.69 Å². The van der Waals surface area contributed by atoms with Crippen LogP contribution >= 0.6 is 0 Å². The Hall–Kier alpha value is -2.22. The summed E-state index contributed by atoms with van der Waals surface area (Å²) in [5, 5.41) is 11.6. The minimum Gasteiger partial charge on any atom is -0.322 e. The van der Waals surface area contributed by atoms with Crippen molar-refractivity contribution in [2.24, 2.45) is 13.0 Å². The van der Waals surface area contributed by atoms with Crippen molar-refractivity contribution in [2.45, 2.75) is 46.2 Å². The van der Waals surface area contributed by atoms with Crippen LogP contribution in [0.2, 0.25) is 0 Å². The predicted molar refractivity (Wildman–Crippen MR) is 95.1 cm³/mol. The highest BCUT2D eigenvalue weighted by atomic mass is 16.2. The molecule has 1 aliphatic rings. The third-order valence-electron chi connectivity index (χ3n) is 5.15. The van der Waals surface area contributed by atoms with E-state index >= 15 is 0 Å². The maximum absolute atomic E-state index is 12.7. The van der Waals surface area contributed by atoms with E-state index in [2.05, 4.69) is 25.4 Å². The molecule has 1 amide bonds. The first-order chi connectivity index (χ1) is 12.0. The first-order valence-electron chi connectivity index (χ1n) is 8.83. The number of rotatable bonds is 5. The molecule has 0 bridgehead atoms. The van der Waals surface area contributed by atoms with Crippen molar-refractivity contribution in [3.05, 3.63) is 24.0 Å². The lowest BCUT2D eigenvalue weighted by molar-refractivity contribution is -0.121. The number of piperidine rings is 1. The Morgan fingerprint density at radius 1 is 1.44 bits per heavy atom. The van der Waals surface area contributed by atoms with Crippen LogP contribution in [0.15, 0.2) is 12.7 Å². The first kappa shape index (κ1) is 17.6. The normalized spacial score (nSPS) is 19.8. The summed E-state index contributed by atoms with van der Waals surface area (Å²) in [5.74, 6) is 0.521. The smallest absolute Gasteiger partial charge is 0.241 e. The average molecular weight is 345 g/mol. The van der Waals surface area contributed by atoms with Crippen molar-refractivity contribution >= 4 is 11.6 Å². The van der Waals surface area contributed by atoms with E-state index in [4.69, 9.17) is 0 Å². The first-order valence-corrected chi connectivity index (χ1v) is 8.83. The van der Waals surface area contributed by atoms with Gasteiger partial charge in [0.2, 0.25) is 5.91 Å². The third-order valence-corrected chi connectivity index (χ3v) is 5.15. The Kier molecular flexibility index (Phi) is 5.17. The number of nitrogens with one attached hydrogen (secondary N) is 1. The fourth-order valence-corrected chi connectivity index (χ4v) is 3.54. The number of likely N-dealkylation sites (tertiary alicyclic amines) is 1. The Morgan fingerprint density at radius 2 is 2.24 bits per heavy atom. The molecule has 136 valence electrons. The molecule has 0 saturated carbocycles. The van der Waals surface area contributed by atoms with Crippen molar-refractivity contribution in [3.8, 4) is 0 Å². The molecule has 2 atom stereocenters. The molecule has 8 heteroatoms. The van der Waals surface area contributed by atoms with Gasteiger partial charge < -0.3 is 5.32 Å². The lowest BCUT2D eigenvalue weighted by Crippen LogP contribution is -2.47. The molecular weight excluding hydrogens is 318 g/mol. The van der Waals surface area contributed by atoms with Gasteiger partial charge in [0.25, 0.3) is 0 Å². The number of aromatic nitrogens is 5. The molecule has 8 nitrogen and oxygen atoms in total. The fraction of sp³-hybridized carbons (Fsp3) is 0.647. The van der Waals surface area contributed by atoms with Gasteiger partial charge in [0.15, 0.2) is 0 Å². The van der Waals surface area contributed by atoms with Crippen molar-refractivity contribution in [1.82, 2.24) is 29.4 Å². The van der Waals surface area contributed by atoms with Crippen molar-refractivity contribution < 1.29 is 4.79 Å². The predicted octanol–water partition coefficient (Wildman–Crippen LogP) is 1.37. The lowest BCUT2D eigenvalue weighted by atomic mass is 9.96. The van der Waals surface area contributed by atoms with Crippen LogP contribution in [0, 0.1) is 19.8 Å². The van der Waals surface area contributed by atoms with Crippen molar-refractivity contribution in [1.29, 1.82) is 0 Å². The number of aryl methyl sites for hydroxylation is 2. The van der Waals surface area contributed by atoms with Crippen LogP contribution in [-0.2, 0) is 18.4 Å². The van der Waals surface area contributed by atoms with Gasteiger partial charge in [-0.1, -0.05) is 0 Å². The zero-order chi connectivity index (χ0) is 18.0. The molecule has 3 heterocycles. The largest absolute Gasteiger partial charge is 0.322 e. The van der Waals surface area contributed by atoms with Crippen molar-refractivity contribution in [3.63, 3.8) is 0 Å². The van der Waals surface area contributed by atoms with Gasteiger partial charge in [-0.05, 0) is 46.1 Å². The number of hydrogen-bond acceptors (Lipinski definition) is 5. The molecule has 1 aliphatic heterocycles. The molecule has 2 aromatic rings. The van der Waals surface area contributed by atoms with Crippen LogP contribution in [0.1, 0.15) is 31.2 Å². The molecule has 0 aromatic carbocycles. The monoisotopic (exact) mass is 345 g/mol. The number of hydrogen-bond donors (Lipinski definition) is 1. The van der Waals surface area contributed by atoms with E-state index in [9.17, 15) is 4.79 Å². The number of carbonyl (C=O) groups is 1. The fourth-order valence-electron chi connectivity index (χ4n) is 3.54.